The molecule has 0 aromatic heterocycles. The van der Waals surface area contributed by atoms with Gasteiger partial charge in [0.1, 0.15) is 0 Å². The van der Waals surface area contributed by atoms with Crippen LogP contribution in [0.4, 0.5) is 5.69 Å². The maximum atomic E-state index is 13.5. The fourth-order valence-electron chi connectivity index (χ4n) is 4.56. The number of benzene rings is 3. The fourth-order valence-corrected chi connectivity index (χ4v) is 4.56. The quantitative estimate of drug-likeness (QED) is 0.428. The number of piperidine rings is 1. The highest BCUT2D eigenvalue weighted by molar-refractivity contribution is 6.06. The van der Waals surface area contributed by atoms with Crippen molar-refractivity contribution in [3.8, 4) is 0 Å². The Morgan fingerprint density at radius 1 is 0.917 bits per heavy atom. The molecule has 0 bridgehead atoms. The van der Waals surface area contributed by atoms with E-state index in [1.165, 1.54) is 0 Å². The van der Waals surface area contributed by atoms with Gasteiger partial charge in [-0.1, -0.05) is 60.7 Å². The molecule has 2 amide bonds. The van der Waals surface area contributed by atoms with Crippen LogP contribution in [0.2, 0.25) is 0 Å². The first-order valence-electron chi connectivity index (χ1n) is 12.5. The van der Waals surface area contributed by atoms with Crippen molar-refractivity contribution in [1.82, 2.24) is 4.90 Å². The minimum absolute atomic E-state index is 0.0230. The second kappa shape index (κ2) is 12.2. The minimum Gasteiger partial charge on any atom is -0.466 e. The average Bonchev–Trinajstić information content (AvgIpc) is 2.93. The highest BCUT2D eigenvalue weighted by Gasteiger charge is 2.29. The molecular formula is C30H32N2O4. The highest BCUT2D eigenvalue weighted by atomic mass is 16.5. The van der Waals surface area contributed by atoms with Crippen molar-refractivity contribution in [2.45, 2.75) is 32.7 Å². The summed E-state index contributed by atoms with van der Waals surface area (Å²) < 4.78 is 5.16. The predicted molar refractivity (Wildman–Crippen MR) is 139 cm³/mol. The number of likely N-dealkylation sites (tertiary alicyclic amines) is 1. The summed E-state index contributed by atoms with van der Waals surface area (Å²) >= 11 is 0. The molecule has 1 aliphatic heterocycles. The Morgan fingerprint density at radius 3 is 2.33 bits per heavy atom. The average molecular weight is 485 g/mol. The predicted octanol–water partition coefficient (Wildman–Crippen LogP) is 4.88. The zero-order valence-electron chi connectivity index (χ0n) is 20.6. The molecule has 1 unspecified atom stereocenters. The van der Waals surface area contributed by atoms with E-state index in [-0.39, 0.29) is 30.1 Å². The van der Waals surface area contributed by atoms with Crippen LogP contribution in [0, 0.1) is 5.92 Å². The number of amides is 2. The number of nitrogens with zero attached hydrogens (tertiary/aromatic N) is 2. The third-order valence-corrected chi connectivity index (χ3v) is 6.42. The minimum atomic E-state index is -0.265. The summed E-state index contributed by atoms with van der Waals surface area (Å²) in [5.41, 5.74) is 3.19. The molecule has 186 valence electrons. The molecule has 1 fully saturated rings. The lowest BCUT2D eigenvalue weighted by molar-refractivity contribution is -0.151. The van der Waals surface area contributed by atoms with Crippen LogP contribution in [-0.2, 0) is 27.3 Å². The van der Waals surface area contributed by atoms with Crippen LogP contribution < -0.4 is 4.90 Å². The maximum absolute atomic E-state index is 13.5. The summed E-state index contributed by atoms with van der Waals surface area (Å²) in [4.78, 5) is 42.3. The molecular weight excluding hydrogens is 452 g/mol. The van der Waals surface area contributed by atoms with Gasteiger partial charge in [0.15, 0.2) is 0 Å². The van der Waals surface area contributed by atoms with Crippen LogP contribution in [0.5, 0.6) is 0 Å². The molecule has 0 spiro atoms. The molecule has 4 rings (SSSR count). The van der Waals surface area contributed by atoms with E-state index in [2.05, 4.69) is 0 Å². The normalized spacial score (nSPS) is 15.2. The van der Waals surface area contributed by atoms with Crippen LogP contribution in [0.25, 0.3) is 0 Å². The number of carbonyl (C=O) groups is 3. The summed E-state index contributed by atoms with van der Waals surface area (Å²) in [5.74, 6) is -0.617. The third kappa shape index (κ3) is 6.39. The lowest BCUT2D eigenvalue weighted by Gasteiger charge is -2.31. The molecule has 1 heterocycles. The fraction of sp³-hybridized carbons (Fsp3) is 0.300. The molecule has 0 radical (unpaired) electrons. The number of rotatable bonds is 8. The van der Waals surface area contributed by atoms with Crippen LogP contribution in [0.15, 0.2) is 84.9 Å². The zero-order valence-corrected chi connectivity index (χ0v) is 20.6. The monoisotopic (exact) mass is 484 g/mol. The number of esters is 1. The van der Waals surface area contributed by atoms with E-state index >= 15 is 0 Å². The van der Waals surface area contributed by atoms with E-state index in [1.807, 2.05) is 84.9 Å². The Balaban J connectivity index is 1.52. The molecule has 1 saturated heterocycles. The van der Waals surface area contributed by atoms with Crippen LogP contribution in [0.3, 0.4) is 0 Å². The molecule has 6 heteroatoms. The Bertz CT molecular complexity index is 1180. The van der Waals surface area contributed by atoms with Gasteiger partial charge in [0.25, 0.3) is 5.91 Å². The maximum Gasteiger partial charge on any atom is 0.310 e. The molecule has 36 heavy (non-hydrogen) atoms. The van der Waals surface area contributed by atoms with Crippen molar-refractivity contribution in [2.75, 3.05) is 24.6 Å². The van der Waals surface area contributed by atoms with Crippen molar-refractivity contribution in [1.29, 1.82) is 0 Å². The summed E-state index contributed by atoms with van der Waals surface area (Å²) in [6, 6.07) is 26.7. The third-order valence-electron chi connectivity index (χ3n) is 6.42. The van der Waals surface area contributed by atoms with E-state index in [9.17, 15) is 14.4 Å². The van der Waals surface area contributed by atoms with Crippen LogP contribution in [-0.4, -0.2) is 42.4 Å². The SMILES string of the molecule is CCOC(=O)C1CCCN(C(=O)Cc2cccc(N(Cc3ccccc3)C(=O)c3ccccc3)c2)C1. The van der Waals surface area contributed by atoms with Crippen molar-refractivity contribution in [3.63, 3.8) is 0 Å². The first-order valence-corrected chi connectivity index (χ1v) is 12.5. The second-order valence-corrected chi connectivity index (χ2v) is 9.02. The zero-order chi connectivity index (χ0) is 25.3. The second-order valence-electron chi connectivity index (χ2n) is 9.02. The smallest absolute Gasteiger partial charge is 0.310 e. The standard InChI is InChI=1S/C30H32N2O4/c1-2-36-30(35)26-16-10-18-31(22-26)28(33)20-24-13-9-17-27(19-24)32(21-23-11-5-3-6-12-23)29(34)25-14-7-4-8-15-25/h3-9,11-15,17,19,26H,2,10,16,18,20-22H2,1H3. The van der Waals surface area contributed by atoms with E-state index in [1.54, 1.807) is 16.7 Å². The molecule has 3 aromatic rings. The van der Waals surface area contributed by atoms with Gasteiger partial charge < -0.3 is 14.5 Å². The summed E-state index contributed by atoms with van der Waals surface area (Å²) in [6.07, 6.45) is 1.74. The molecule has 1 aliphatic rings. The first-order chi connectivity index (χ1) is 17.5. The van der Waals surface area contributed by atoms with Gasteiger partial charge >= 0.3 is 5.97 Å². The Morgan fingerprint density at radius 2 is 1.61 bits per heavy atom. The lowest BCUT2D eigenvalue weighted by Crippen LogP contribution is -2.43. The molecule has 3 aromatic carbocycles. The molecule has 1 atom stereocenters. The van der Waals surface area contributed by atoms with E-state index in [4.69, 9.17) is 4.74 Å². The molecule has 0 saturated carbocycles. The van der Waals surface area contributed by atoms with Crippen molar-refractivity contribution >= 4 is 23.5 Å². The Hall–Kier alpha value is -3.93. The van der Waals surface area contributed by atoms with Gasteiger partial charge in [-0.3, -0.25) is 14.4 Å². The van der Waals surface area contributed by atoms with Gasteiger partial charge in [-0.25, -0.2) is 0 Å². The van der Waals surface area contributed by atoms with Gasteiger partial charge in [0.2, 0.25) is 5.91 Å². The van der Waals surface area contributed by atoms with Crippen molar-refractivity contribution in [2.24, 2.45) is 5.92 Å². The van der Waals surface area contributed by atoms with Gasteiger partial charge in [-0.2, -0.15) is 0 Å². The van der Waals surface area contributed by atoms with E-state index in [0.29, 0.717) is 31.8 Å². The molecule has 0 N–H and O–H groups in total. The highest BCUT2D eigenvalue weighted by Crippen LogP contribution is 2.24. The largest absolute Gasteiger partial charge is 0.466 e. The Kier molecular flexibility index (Phi) is 8.50. The molecule has 6 nitrogen and oxygen atoms in total. The van der Waals surface area contributed by atoms with Crippen LogP contribution in [0.1, 0.15) is 41.3 Å². The number of carbonyl (C=O) groups excluding carboxylic acids is 3. The summed E-state index contributed by atoms with van der Waals surface area (Å²) in [5, 5.41) is 0. The number of hydrogen-bond acceptors (Lipinski definition) is 4. The van der Waals surface area contributed by atoms with Crippen molar-refractivity contribution < 1.29 is 19.1 Å². The van der Waals surface area contributed by atoms with E-state index < -0.39 is 0 Å². The number of anilines is 1. The van der Waals surface area contributed by atoms with Gasteiger partial charge in [0.05, 0.1) is 25.5 Å². The summed E-state index contributed by atoms with van der Waals surface area (Å²) in [7, 11) is 0. The van der Waals surface area contributed by atoms with Gasteiger partial charge in [0, 0.05) is 24.3 Å². The molecule has 0 aliphatic carbocycles. The lowest BCUT2D eigenvalue weighted by atomic mass is 9.97. The summed E-state index contributed by atoms with van der Waals surface area (Å²) in [6.45, 7) is 3.59. The van der Waals surface area contributed by atoms with Crippen LogP contribution >= 0.6 is 0 Å². The number of ether oxygens (including phenoxy) is 1. The first kappa shape index (κ1) is 25.2. The van der Waals surface area contributed by atoms with Gasteiger partial charge in [-0.05, 0) is 55.2 Å². The van der Waals surface area contributed by atoms with E-state index in [0.717, 1.165) is 29.7 Å². The number of hydrogen-bond donors (Lipinski definition) is 0. The van der Waals surface area contributed by atoms with Crippen molar-refractivity contribution in [3.05, 3.63) is 102 Å². The Labute approximate surface area is 212 Å². The topological polar surface area (TPSA) is 66.9 Å². The van der Waals surface area contributed by atoms with Gasteiger partial charge in [-0.15, -0.1) is 0 Å².